The Morgan fingerprint density at radius 2 is 1.84 bits per heavy atom. The van der Waals surface area contributed by atoms with Gasteiger partial charge in [-0.3, -0.25) is 14.4 Å². The van der Waals surface area contributed by atoms with E-state index in [1.165, 1.54) is 4.90 Å². The molecule has 2 rings (SSSR count). The largest absolute Gasteiger partial charge is 0.435 e. The number of carbonyl (C=O) groups is 4. The fourth-order valence-electron chi connectivity index (χ4n) is 3.73. The summed E-state index contributed by atoms with van der Waals surface area (Å²) in [6, 6.07) is 7.91. The van der Waals surface area contributed by atoms with Crippen molar-refractivity contribution in [1.29, 1.82) is 0 Å². The second kappa shape index (κ2) is 10.4. The average molecular weight is 432 g/mol. The van der Waals surface area contributed by atoms with Gasteiger partial charge in [-0.25, -0.2) is 4.79 Å². The lowest BCUT2D eigenvalue weighted by Crippen LogP contribution is -2.49. The molecule has 8 nitrogen and oxygen atoms in total. The molecule has 0 bridgehead atoms. The lowest BCUT2D eigenvalue weighted by molar-refractivity contribution is -0.139. The first-order valence-electron chi connectivity index (χ1n) is 10.7. The molecule has 3 atom stereocenters. The van der Waals surface area contributed by atoms with Crippen LogP contribution in [0.15, 0.2) is 30.3 Å². The first-order chi connectivity index (χ1) is 14.6. The summed E-state index contributed by atoms with van der Waals surface area (Å²) in [7, 11) is 1.65. The molecule has 0 aromatic heterocycles. The van der Waals surface area contributed by atoms with Crippen molar-refractivity contribution in [2.24, 2.45) is 5.41 Å². The number of rotatable bonds is 9. The van der Waals surface area contributed by atoms with Crippen molar-refractivity contribution >= 4 is 23.7 Å². The second-order valence-corrected chi connectivity index (χ2v) is 8.78. The molecule has 8 heteroatoms. The molecule has 31 heavy (non-hydrogen) atoms. The molecule has 3 amide bonds. The lowest BCUT2D eigenvalue weighted by Gasteiger charge is -2.25. The number of ketones is 1. The molecule has 170 valence electrons. The summed E-state index contributed by atoms with van der Waals surface area (Å²) in [5.74, 6) is -1.79. The fraction of sp³-hybridized carbons (Fsp3) is 0.565. The number of Topliss-reactive ketones (excluding diaryl/α,β-unsaturated/α-hetero) is 1. The van der Waals surface area contributed by atoms with Crippen LogP contribution in [0.25, 0.3) is 0 Å². The smallest absolute Gasteiger partial charge is 0.408 e. The molecule has 1 unspecified atom stereocenters. The highest BCUT2D eigenvalue weighted by atomic mass is 16.6. The first kappa shape index (κ1) is 24.4. The van der Waals surface area contributed by atoms with Crippen molar-refractivity contribution in [1.82, 2.24) is 15.5 Å². The Labute approximate surface area is 183 Å². The molecule has 1 heterocycles. The Balaban J connectivity index is 2.03. The topological polar surface area (TPSA) is 105 Å². The number of hydrogen-bond donors (Lipinski definition) is 2. The third kappa shape index (κ3) is 6.29. The Morgan fingerprint density at radius 3 is 2.39 bits per heavy atom. The number of nitrogens with one attached hydrogen (secondary N) is 2. The van der Waals surface area contributed by atoms with Crippen LogP contribution in [0.5, 0.6) is 0 Å². The first-order valence-corrected chi connectivity index (χ1v) is 10.7. The summed E-state index contributed by atoms with van der Waals surface area (Å²) >= 11 is 0. The molecule has 1 aliphatic heterocycles. The van der Waals surface area contributed by atoms with Crippen LogP contribution in [0.3, 0.4) is 0 Å². The number of likely N-dealkylation sites (tertiary alicyclic amines) is 1. The van der Waals surface area contributed by atoms with E-state index < -0.39 is 35.3 Å². The van der Waals surface area contributed by atoms with E-state index in [2.05, 4.69) is 10.6 Å². The Bertz CT molecular complexity index is 809. The van der Waals surface area contributed by atoms with Crippen LogP contribution in [-0.4, -0.2) is 54.3 Å². The molecule has 1 aromatic rings. The maximum atomic E-state index is 12.8. The number of unbranched alkanes of at least 4 members (excludes halogenated alkanes) is 1. The van der Waals surface area contributed by atoms with Crippen molar-refractivity contribution in [3.05, 3.63) is 35.9 Å². The lowest BCUT2D eigenvalue weighted by atomic mass is 9.90. The number of hydrogen-bond acceptors (Lipinski definition) is 5. The van der Waals surface area contributed by atoms with Gasteiger partial charge in [0.15, 0.2) is 6.10 Å². The summed E-state index contributed by atoms with van der Waals surface area (Å²) in [6.07, 6.45) is -0.0677. The summed E-state index contributed by atoms with van der Waals surface area (Å²) < 4.78 is 5.37. The van der Waals surface area contributed by atoms with Gasteiger partial charge < -0.3 is 20.3 Å². The van der Waals surface area contributed by atoms with E-state index in [1.807, 2.05) is 51.1 Å². The average Bonchev–Trinajstić information content (AvgIpc) is 2.92. The highest BCUT2D eigenvalue weighted by molar-refractivity contribution is 6.38. The van der Waals surface area contributed by atoms with Crippen LogP contribution < -0.4 is 10.6 Å². The normalized spacial score (nSPS) is 19.5. The van der Waals surface area contributed by atoms with Gasteiger partial charge in [0.25, 0.3) is 11.8 Å². The van der Waals surface area contributed by atoms with Gasteiger partial charge in [-0.05, 0) is 18.9 Å². The molecule has 1 fully saturated rings. The van der Waals surface area contributed by atoms with Gasteiger partial charge in [0.2, 0.25) is 5.78 Å². The maximum absolute atomic E-state index is 12.8. The molecule has 0 saturated carbocycles. The van der Waals surface area contributed by atoms with Gasteiger partial charge in [0.05, 0.1) is 6.04 Å². The van der Waals surface area contributed by atoms with E-state index in [0.29, 0.717) is 19.4 Å². The van der Waals surface area contributed by atoms with Crippen LogP contribution in [0.4, 0.5) is 4.79 Å². The third-order valence-electron chi connectivity index (χ3n) is 5.51. The van der Waals surface area contributed by atoms with Crippen molar-refractivity contribution in [2.75, 3.05) is 13.6 Å². The van der Waals surface area contributed by atoms with Gasteiger partial charge in [-0.2, -0.15) is 0 Å². The highest BCUT2D eigenvalue weighted by Crippen LogP contribution is 2.32. The van der Waals surface area contributed by atoms with Crippen molar-refractivity contribution in [2.45, 2.75) is 65.1 Å². The summed E-state index contributed by atoms with van der Waals surface area (Å²) in [5.41, 5.74) is 0.321. The Kier molecular flexibility index (Phi) is 8.19. The molecule has 0 aliphatic carbocycles. The predicted octanol–water partition coefficient (Wildman–Crippen LogP) is 2.58. The molecule has 1 saturated heterocycles. The number of alkyl carbamates (subject to hydrolysis) is 1. The molecule has 1 aromatic carbocycles. The fourth-order valence-corrected chi connectivity index (χ4v) is 3.73. The van der Waals surface area contributed by atoms with Crippen molar-refractivity contribution in [3.63, 3.8) is 0 Å². The minimum absolute atomic E-state index is 0.286. The Hall–Kier alpha value is -2.90. The number of nitrogens with zero attached hydrogens (tertiary/aromatic N) is 1. The van der Waals surface area contributed by atoms with E-state index >= 15 is 0 Å². The molecule has 0 radical (unpaired) electrons. The van der Waals surface area contributed by atoms with Gasteiger partial charge >= 0.3 is 6.09 Å². The zero-order valence-electron chi connectivity index (χ0n) is 18.9. The summed E-state index contributed by atoms with van der Waals surface area (Å²) in [4.78, 5) is 51.6. The zero-order valence-corrected chi connectivity index (χ0v) is 18.9. The summed E-state index contributed by atoms with van der Waals surface area (Å²) in [5, 5.41) is 5.19. The Morgan fingerprint density at radius 1 is 1.19 bits per heavy atom. The van der Waals surface area contributed by atoms with Gasteiger partial charge in [0, 0.05) is 19.0 Å². The monoisotopic (exact) mass is 431 g/mol. The van der Waals surface area contributed by atoms with Gasteiger partial charge in [0.1, 0.15) is 6.04 Å². The second-order valence-electron chi connectivity index (χ2n) is 8.78. The third-order valence-corrected chi connectivity index (χ3v) is 5.51. The van der Waals surface area contributed by atoms with E-state index in [0.717, 1.165) is 12.0 Å². The maximum Gasteiger partial charge on any atom is 0.408 e. The number of likely N-dealkylation sites (N-methyl/N-ethyl adjacent to an activating group) is 1. The van der Waals surface area contributed by atoms with Gasteiger partial charge in [-0.15, -0.1) is 0 Å². The van der Waals surface area contributed by atoms with Crippen molar-refractivity contribution < 1.29 is 23.9 Å². The van der Waals surface area contributed by atoms with Crippen LogP contribution in [0, 0.1) is 5.41 Å². The zero-order chi connectivity index (χ0) is 23.2. The molecule has 1 aliphatic rings. The van der Waals surface area contributed by atoms with Crippen molar-refractivity contribution in [3.8, 4) is 0 Å². The van der Waals surface area contributed by atoms with E-state index in [4.69, 9.17) is 4.74 Å². The van der Waals surface area contributed by atoms with Crippen LogP contribution in [0.1, 0.15) is 58.6 Å². The van der Waals surface area contributed by atoms with Crippen LogP contribution >= 0.6 is 0 Å². The predicted molar refractivity (Wildman–Crippen MR) is 116 cm³/mol. The van der Waals surface area contributed by atoms with Gasteiger partial charge in [-0.1, -0.05) is 63.9 Å². The number of carbonyl (C=O) groups excluding carboxylic acids is 4. The molecular formula is C23H33N3O5. The molecule has 2 N–H and O–H groups in total. The van der Waals surface area contributed by atoms with E-state index in [-0.39, 0.29) is 11.9 Å². The molecular weight excluding hydrogens is 398 g/mol. The van der Waals surface area contributed by atoms with Crippen LogP contribution in [-0.2, 0) is 19.1 Å². The minimum atomic E-state index is -1.02. The number of amides is 3. The van der Waals surface area contributed by atoms with E-state index in [1.54, 1.807) is 14.0 Å². The van der Waals surface area contributed by atoms with Crippen LogP contribution in [0.2, 0.25) is 0 Å². The number of ether oxygens (including phenoxy) is 1. The minimum Gasteiger partial charge on any atom is -0.435 e. The van der Waals surface area contributed by atoms with E-state index in [9.17, 15) is 19.2 Å². The summed E-state index contributed by atoms with van der Waals surface area (Å²) in [6.45, 7) is 7.87. The highest BCUT2D eigenvalue weighted by Gasteiger charge is 2.47. The quantitative estimate of drug-likeness (QED) is 0.585. The standard InChI is InChI=1S/C23H33N3O5/c1-6-7-13-17(18(27)20(28)24-15(2)16-11-9-8-10-12-16)25-22(30)31-19-21(29)26(5)14-23(19,3)4/h8-12,15,17,19H,6-7,13-14H2,1-5H3,(H,24,28)(H,25,30)/t15-,17+,19?/m1/s1. The molecule has 0 spiro atoms. The number of benzene rings is 1. The SMILES string of the molecule is CCCC[C@H](NC(=O)OC1C(=O)N(C)CC1(C)C)C(=O)C(=O)N[C@H](C)c1ccccc1.